The molecule has 1 saturated carbocycles. The van der Waals surface area contributed by atoms with Gasteiger partial charge < -0.3 is 15.5 Å². The van der Waals surface area contributed by atoms with Crippen molar-refractivity contribution in [2.75, 3.05) is 18.9 Å². The standard InChI is InChI=1S/C23H28FN3O2/c1-25-23(29)18-9-13-20(14-10-18)26-22(28)16-27(21-5-3-2-4-6-21)15-17-7-11-19(24)12-8-17/h7-14,21H,2-6,15-16H2,1H3,(H,25,29)(H,26,28)/p+1. The van der Waals surface area contributed by atoms with Gasteiger partial charge in [0, 0.05) is 23.9 Å². The van der Waals surface area contributed by atoms with Crippen molar-refractivity contribution in [2.45, 2.75) is 44.7 Å². The average molecular weight is 399 g/mol. The third-order valence-corrected chi connectivity index (χ3v) is 5.57. The molecule has 2 amide bonds. The van der Waals surface area contributed by atoms with Crippen molar-refractivity contribution in [3.05, 3.63) is 65.5 Å². The van der Waals surface area contributed by atoms with E-state index in [4.69, 9.17) is 0 Å². The van der Waals surface area contributed by atoms with E-state index >= 15 is 0 Å². The molecule has 0 spiro atoms. The third kappa shape index (κ3) is 6.12. The molecule has 6 heteroatoms. The molecule has 0 aromatic heterocycles. The van der Waals surface area contributed by atoms with Crippen molar-refractivity contribution in [3.8, 4) is 0 Å². The van der Waals surface area contributed by atoms with E-state index in [1.807, 2.05) is 0 Å². The number of amides is 2. The summed E-state index contributed by atoms with van der Waals surface area (Å²) in [6, 6.07) is 13.9. The van der Waals surface area contributed by atoms with Gasteiger partial charge in [-0.05, 0) is 62.1 Å². The van der Waals surface area contributed by atoms with Crippen LogP contribution in [0.3, 0.4) is 0 Å². The van der Waals surface area contributed by atoms with Crippen LogP contribution < -0.4 is 15.5 Å². The lowest BCUT2D eigenvalue weighted by atomic mass is 9.93. The van der Waals surface area contributed by atoms with Crippen molar-refractivity contribution in [1.82, 2.24) is 5.32 Å². The van der Waals surface area contributed by atoms with Crippen LogP contribution in [0.2, 0.25) is 0 Å². The quantitative estimate of drug-likeness (QED) is 0.671. The number of quaternary nitrogens is 1. The SMILES string of the molecule is CNC(=O)c1ccc(NC(=O)C[NH+](Cc2ccc(F)cc2)C2CCCCC2)cc1. The molecule has 0 aliphatic heterocycles. The van der Waals surface area contributed by atoms with Crippen molar-refractivity contribution < 1.29 is 18.9 Å². The maximum Gasteiger partial charge on any atom is 0.279 e. The lowest BCUT2D eigenvalue weighted by Crippen LogP contribution is -3.15. The van der Waals surface area contributed by atoms with Gasteiger partial charge in [0.15, 0.2) is 6.54 Å². The first-order valence-electron chi connectivity index (χ1n) is 10.3. The Morgan fingerprint density at radius 1 is 1.00 bits per heavy atom. The summed E-state index contributed by atoms with van der Waals surface area (Å²) in [5.41, 5.74) is 2.26. The Hall–Kier alpha value is -2.73. The molecule has 3 N–H and O–H groups in total. The molecule has 1 atom stereocenters. The van der Waals surface area contributed by atoms with E-state index in [1.165, 1.54) is 36.3 Å². The lowest BCUT2D eigenvalue weighted by Gasteiger charge is -2.31. The summed E-state index contributed by atoms with van der Waals surface area (Å²) in [4.78, 5) is 25.6. The number of carbonyl (C=O) groups excluding carboxylic acids is 2. The van der Waals surface area contributed by atoms with Gasteiger partial charge in [-0.15, -0.1) is 0 Å². The molecule has 0 bridgehead atoms. The van der Waals surface area contributed by atoms with Crippen molar-refractivity contribution >= 4 is 17.5 Å². The van der Waals surface area contributed by atoms with Crippen LogP contribution >= 0.6 is 0 Å². The van der Waals surface area contributed by atoms with Crippen molar-refractivity contribution in [1.29, 1.82) is 0 Å². The summed E-state index contributed by atoms with van der Waals surface area (Å²) >= 11 is 0. The van der Waals surface area contributed by atoms with Gasteiger partial charge in [0.05, 0.1) is 6.04 Å². The molecule has 1 unspecified atom stereocenters. The number of rotatable bonds is 7. The fourth-order valence-corrected chi connectivity index (χ4v) is 3.99. The molecular formula is C23H29FN3O2+. The van der Waals surface area contributed by atoms with Crippen LogP contribution in [0.4, 0.5) is 10.1 Å². The van der Waals surface area contributed by atoms with Crippen LogP contribution in [0.15, 0.2) is 48.5 Å². The maximum atomic E-state index is 13.2. The van der Waals surface area contributed by atoms with Crippen LogP contribution in [0.5, 0.6) is 0 Å². The fraction of sp³-hybridized carbons (Fsp3) is 0.391. The highest BCUT2D eigenvalue weighted by Crippen LogP contribution is 2.16. The number of benzene rings is 2. The largest absolute Gasteiger partial charge is 0.355 e. The number of halogens is 1. The summed E-state index contributed by atoms with van der Waals surface area (Å²) < 4.78 is 13.2. The van der Waals surface area contributed by atoms with Crippen molar-refractivity contribution in [2.24, 2.45) is 0 Å². The molecule has 2 aromatic rings. The Kier molecular flexibility index (Phi) is 7.36. The van der Waals surface area contributed by atoms with Gasteiger partial charge >= 0.3 is 0 Å². The molecule has 1 aliphatic carbocycles. The van der Waals surface area contributed by atoms with Crippen LogP contribution in [-0.4, -0.2) is 31.4 Å². The van der Waals surface area contributed by atoms with Crippen LogP contribution in [-0.2, 0) is 11.3 Å². The molecule has 0 heterocycles. The van der Waals surface area contributed by atoms with Gasteiger partial charge in [-0.3, -0.25) is 9.59 Å². The molecule has 29 heavy (non-hydrogen) atoms. The van der Waals surface area contributed by atoms with Gasteiger partial charge in [0.1, 0.15) is 12.4 Å². The summed E-state index contributed by atoms with van der Waals surface area (Å²) in [6.07, 6.45) is 5.87. The Labute approximate surface area is 171 Å². The van der Waals surface area contributed by atoms with E-state index in [2.05, 4.69) is 10.6 Å². The maximum absolute atomic E-state index is 13.2. The molecule has 2 aromatic carbocycles. The number of anilines is 1. The number of nitrogens with one attached hydrogen (secondary N) is 3. The average Bonchev–Trinajstić information content (AvgIpc) is 2.75. The molecule has 5 nitrogen and oxygen atoms in total. The normalized spacial score (nSPS) is 15.5. The number of hydrogen-bond donors (Lipinski definition) is 3. The summed E-state index contributed by atoms with van der Waals surface area (Å²) in [6.45, 7) is 1.06. The van der Waals surface area contributed by atoms with Gasteiger partial charge in [0.2, 0.25) is 0 Å². The first kappa shape index (κ1) is 21.0. The predicted octanol–water partition coefficient (Wildman–Crippen LogP) is 2.54. The second kappa shape index (κ2) is 10.2. The summed E-state index contributed by atoms with van der Waals surface area (Å²) in [5, 5.41) is 5.52. The number of carbonyl (C=O) groups is 2. The minimum Gasteiger partial charge on any atom is -0.355 e. The first-order valence-corrected chi connectivity index (χ1v) is 10.3. The Morgan fingerprint density at radius 2 is 1.66 bits per heavy atom. The first-order chi connectivity index (χ1) is 14.0. The highest BCUT2D eigenvalue weighted by molar-refractivity contribution is 5.95. The molecular weight excluding hydrogens is 369 g/mol. The second-order valence-electron chi connectivity index (χ2n) is 7.68. The van der Waals surface area contributed by atoms with E-state index < -0.39 is 0 Å². The smallest absolute Gasteiger partial charge is 0.279 e. The monoisotopic (exact) mass is 398 g/mol. The molecule has 1 aliphatic rings. The minimum atomic E-state index is -0.245. The Morgan fingerprint density at radius 3 is 2.28 bits per heavy atom. The second-order valence-corrected chi connectivity index (χ2v) is 7.68. The molecule has 3 rings (SSSR count). The van der Waals surface area contributed by atoms with E-state index in [0.717, 1.165) is 18.4 Å². The third-order valence-electron chi connectivity index (χ3n) is 5.57. The van der Waals surface area contributed by atoms with Crippen molar-refractivity contribution in [3.63, 3.8) is 0 Å². The van der Waals surface area contributed by atoms with Gasteiger partial charge in [-0.1, -0.05) is 18.6 Å². The lowest BCUT2D eigenvalue weighted by molar-refractivity contribution is -0.932. The Bertz CT molecular complexity index is 815. The van der Waals surface area contributed by atoms with Crippen LogP contribution in [0.1, 0.15) is 48.0 Å². The molecule has 0 radical (unpaired) electrons. The highest BCUT2D eigenvalue weighted by Gasteiger charge is 2.27. The zero-order chi connectivity index (χ0) is 20.6. The predicted molar refractivity (Wildman–Crippen MR) is 111 cm³/mol. The van der Waals surface area contributed by atoms with Crippen LogP contribution in [0, 0.1) is 5.82 Å². The summed E-state index contributed by atoms with van der Waals surface area (Å²) in [5.74, 6) is -0.457. The van der Waals surface area contributed by atoms with E-state index in [0.29, 0.717) is 30.4 Å². The van der Waals surface area contributed by atoms with E-state index in [9.17, 15) is 14.0 Å². The zero-order valence-corrected chi connectivity index (χ0v) is 16.8. The molecule has 0 saturated heterocycles. The van der Waals surface area contributed by atoms with Gasteiger partial charge in [0.25, 0.3) is 11.8 Å². The molecule has 154 valence electrons. The number of hydrogen-bond acceptors (Lipinski definition) is 2. The topological polar surface area (TPSA) is 62.6 Å². The summed E-state index contributed by atoms with van der Waals surface area (Å²) in [7, 11) is 1.59. The molecule has 1 fully saturated rings. The Balaban J connectivity index is 1.65. The van der Waals surface area contributed by atoms with E-state index in [1.54, 1.807) is 43.4 Å². The highest BCUT2D eigenvalue weighted by atomic mass is 19.1. The van der Waals surface area contributed by atoms with E-state index in [-0.39, 0.29) is 17.6 Å². The zero-order valence-electron chi connectivity index (χ0n) is 16.8. The van der Waals surface area contributed by atoms with Gasteiger partial charge in [-0.2, -0.15) is 0 Å². The minimum absolute atomic E-state index is 0.0552. The fourth-order valence-electron chi connectivity index (χ4n) is 3.99. The van der Waals surface area contributed by atoms with Gasteiger partial charge in [-0.25, -0.2) is 4.39 Å². The van der Waals surface area contributed by atoms with Crippen LogP contribution in [0.25, 0.3) is 0 Å².